The summed E-state index contributed by atoms with van der Waals surface area (Å²) in [6, 6.07) is 12.9. The summed E-state index contributed by atoms with van der Waals surface area (Å²) in [4.78, 5) is 12.4. The Kier molecular flexibility index (Phi) is 6.40. The van der Waals surface area contributed by atoms with Crippen molar-refractivity contribution in [1.29, 1.82) is 0 Å². The molecular formula is C19H23N3O5S. The Hall–Kier alpha value is -2.33. The summed E-state index contributed by atoms with van der Waals surface area (Å²) in [6.45, 7) is 4.76. The second-order valence-corrected chi connectivity index (χ2v) is 8.45. The molecule has 1 saturated heterocycles. The van der Waals surface area contributed by atoms with Crippen LogP contribution in [-0.4, -0.2) is 51.1 Å². The summed E-state index contributed by atoms with van der Waals surface area (Å²) < 4.78 is 33.5. The SMILES string of the molecule is Cc1cccc(C(CNS(=O)(=O)c2cccc([N+](=O)[O-])c2)N2CCOCC2)c1. The van der Waals surface area contributed by atoms with E-state index in [1.807, 2.05) is 31.2 Å². The van der Waals surface area contributed by atoms with Crippen LogP contribution in [0, 0.1) is 17.0 Å². The molecule has 0 saturated carbocycles. The highest BCUT2D eigenvalue weighted by molar-refractivity contribution is 7.89. The molecule has 1 atom stereocenters. The number of aryl methyl sites for hydroxylation is 1. The largest absolute Gasteiger partial charge is 0.379 e. The number of nitro benzene ring substituents is 1. The number of nitrogens with zero attached hydrogens (tertiary/aromatic N) is 2. The number of rotatable bonds is 7. The van der Waals surface area contributed by atoms with E-state index in [0.717, 1.165) is 17.2 Å². The molecule has 0 amide bonds. The Morgan fingerprint density at radius 1 is 1.18 bits per heavy atom. The Morgan fingerprint density at radius 2 is 1.89 bits per heavy atom. The third-order valence-corrected chi connectivity index (χ3v) is 6.14. The van der Waals surface area contributed by atoms with Gasteiger partial charge in [-0.2, -0.15) is 0 Å². The highest BCUT2D eigenvalue weighted by Crippen LogP contribution is 2.24. The van der Waals surface area contributed by atoms with Crippen molar-refractivity contribution in [2.75, 3.05) is 32.8 Å². The van der Waals surface area contributed by atoms with E-state index in [9.17, 15) is 18.5 Å². The number of non-ortho nitro benzene ring substituents is 1. The summed E-state index contributed by atoms with van der Waals surface area (Å²) in [6.07, 6.45) is 0. The molecule has 28 heavy (non-hydrogen) atoms. The van der Waals surface area contributed by atoms with Gasteiger partial charge >= 0.3 is 0 Å². The van der Waals surface area contributed by atoms with Crippen LogP contribution in [0.15, 0.2) is 53.4 Å². The Morgan fingerprint density at radius 3 is 2.57 bits per heavy atom. The van der Waals surface area contributed by atoms with Crippen molar-refractivity contribution < 1.29 is 18.1 Å². The molecule has 8 nitrogen and oxygen atoms in total. The van der Waals surface area contributed by atoms with Crippen LogP contribution in [0.3, 0.4) is 0 Å². The van der Waals surface area contributed by atoms with Crippen LogP contribution < -0.4 is 4.72 Å². The van der Waals surface area contributed by atoms with Crippen LogP contribution in [0.5, 0.6) is 0 Å². The van der Waals surface area contributed by atoms with Crippen LogP contribution in [0.4, 0.5) is 5.69 Å². The van der Waals surface area contributed by atoms with Crippen LogP contribution in [0.1, 0.15) is 17.2 Å². The van der Waals surface area contributed by atoms with Gasteiger partial charge in [0.15, 0.2) is 0 Å². The Balaban J connectivity index is 1.82. The van der Waals surface area contributed by atoms with Gasteiger partial charge < -0.3 is 4.74 Å². The normalized spacial score (nSPS) is 16.6. The van der Waals surface area contributed by atoms with Gasteiger partial charge in [-0.15, -0.1) is 0 Å². The van der Waals surface area contributed by atoms with Crippen molar-refractivity contribution in [2.45, 2.75) is 17.9 Å². The first-order chi connectivity index (χ1) is 13.4. The molecule has 0 spiro atoms. The van der Waals surface area contributed by atoms with Gasteiger partial charge in [-0.3, -0.25) is 15.0 Å². The van der Waals surface area contributed by atoms with Crippen molar-refractivity contribution in [3.63, 3.8) is 0 Å². The molecule has 0 aromatic heterocycles. The number of morpholine rings is 1. The molecule has 0 bridgehead atoms. The van der Waals surface area contributed by atoms with Gasteiger partial charge in [-0.25, -0.2) is 13.1 Å². The second-order valence-electron chi connectivity index (χ2n) is 6.68. The van der Waals surface area contributed by atoms with Crippen LogP contribution in [0.2, 0.25) is 0 Å². The summed E-state index contributed by atoms with van der Waals surface area (Å²) in [5, 5.41) is 10.9. The summed E-state index contributed by atoms with van der Waals surface area (Å²) in [5.41, 5.74) is 1.85. The summed E-state index contributed by atoms with van der Waals surface area (Å²) >= 11 is 0. The topological polar surface area (TPSA) is 102 Å². The van der Waals surface area contributed by atoms with Crippen molar-refractivity contribution >= 4 is 15.7 Å². The zero-order valence-corrected chi connectivity index (χ0v) is 16.4. The minimum Gasteiger partial charge on any atom is -0.379 e. The fraction of sp³-hybridized carbons (Fsp3) is 0.368. The lowest BCUT2D eigenvalue weighted by atomic mass is 10.0. The van der Waals surface area contributed by atoms with Crippen LogP contribution in [-0.2, 0) is 14.8 Å². The molecule has 0 radical (unpaired) electrons. The lowest BCUT2D eigenvalue weighted by Gasteiger charge is -2.35. The fourth-order valence-electron chi connectivity index (χ4n) is 3.26. The predicted molar refractivity (Wildman–Crippen MR) is 105 cm³/mol. The van der Waals surface area contributed by atoms with Crippen molar-refractivity contribution in [1.82, 2.24) is 9.62 Å². The molecule has 1 fully saturated rings. The van der Waals surface area contributed by atoms with E-state index < -0.39 is 14.9 Å². The number of ether oxygens (including phenoxy) is 1. The highest BCUT2D eigenvalue weighted by atomic mass is 32.2. The first-order valence-corrected chi connectivity index (χ1v) is 10.5. The van der Waals surface area contributed by atoms with E-state index in [1.165, 1.54) is 18.2 Å². The zero-order valence-electron chi connectivity index (χ0n) is 15.6. The number of hydrogen-bond acceptors (Lipinski definition) is 6. The summed E-state index contributed by atoms with van der Waals surface area (Å²) in [7, 11) is -3.88. The molecule has 2 aromatic rings. The van der Waals surface area contributed by atoms with E-state index in [2.05, 4.69) is 9.62 Å². The second kappa shape index (κ2) is 8.78. The smallest absolute Gasteiger partial charge is 0.270 e. The third-order valence-electron chi connectivity index (χ3n) is 4.72. The van der Waals surface area contributed by atoms with E-state index in [4.69, 9.17) is 4.74 Å². The Bertz CT molecular complexity index is 942. The quantitative estimate of drug-likeness (QED) is 0.560. The van der Waals surface area contributed by atoms with Crippen molar-refractivity contribution in [2.24, 2.45) is 0 Å². The minimum absolute atomic E-state index is 0.119. The van der Waals surface area contributed by atoms with Crippen molar-refractivity contribution in [3.05, 3.63) is 69.8 Å². The first kappa shape index (κ1) is 20.4. The maximum absolute atomic E-state index is 12.7. The van der Waals surface area contributed by atoms with Gasteiger partial charge in [0.1, 0.15) is 0 Å². The van der Waals surface area contributed by atoms with Gasteiger partial charge in [0.05, 0.1) is 23.0 Å². The molecule has 9 heteroatoms. The first-order valence-electron chi connectivity index (χ1n) is 8.99. The minimum atomic E-state index is -3.88. The molecule has 0 aliphatic carbocycles. The van der Waals surface area contributed by atoms with Gasteiger partial charge in [-0.1, -0.05) is 35.9 Å². The van der Waals surface area contributed by atoms with Crippen LogP contribution in [0.25, 0.3) is 0 Å². The average Bonchev–Trinajstić information content (AvgIpc) is 2.69. The number of nitro groups is 1. The number of nitrogens with one attached hydrogen (secondary N) is 1. The number of sulfonamides is 1. The fourth-order valence-corrected chi connectivity index (χ4v) is 4.34. The standard InChI is InChI=1S/C19H23N3O5S/c1-15-4-2-5-16(12-15)19(21-8-10-27-11-9-21)14-20-28(25,26)18-7-3-6-17(13-18)22(23)24/h2-7,12-13,19-20H,8-11,14H2,1H3. The predicted octanol–water partition coefficient (Wildman–Crippen LogP) is 2.26. The molecule has 1 heterocycles. The van der Waals surface area contributed by atoms with Gasteiger partial charge in [0.2, 0.25) is 10.0 Å². The van der Waals surface area contributed by atoms with E-state index in [0.29, 0.717) is 26.3 Å². The lowest BCUT2D eigenvalue weighted by Crippen LogP contribution is -2.43. The average molecular weight is 405 g/mol. The van der Waals surface area contributed by atoms with Gasteiger partial charge in [0, 0.05) is 37.8 Å². The van der Waals surface area contributed by atoms with Gasteiger partial charge in [0.25, 0.3) is 5.69 Å². The number of benzene rings is 2. The highest BCUT2D eigenvalue weighted by Gasteiger charge is 2.25. The molecular weight excluding hydrogens is 382 g/mol. The maximum Gasteiger partial charge on any atom is 0.270 e. The molecule has 3 rings (SSSR count). The zero-order chi connectivity index (χ0) is 20.1. The van der Waals surface area contributed by atoms with Gasteiger partial charge in [-0.05, 0) is 18.6 Å². The number of hydrogen-bond donors (Lipinski definition) is 1. The van der Waals surface area contributed by atoms with E-state index >= 15 is 0 Å². The monoisotopic (exact) mass is 405 g/mol. The molecule has 1 unspecified atom stereocenters. The molecule has 1 N–H and O–H groups in total. The summed E-state index contributed by atoms with van der Waals surface area (Å²) in [5.74, 6) is 0. The van der Waals surface area contributed by atoms with Crippen molar-refractivity contribution in [3.8, 4) is 0 Å². The van der Waals surface area contributed by atoms with E-state index in [-0.39, 0.29) is 23.2 Å². The Labute approximate surface area is 164 Å². The van der Waals surface area contributed by atoms with Crippen LogP contribution >= 0.6 is 0 Å². The lowest BCUT2D eigenvalue weighted by molar-refractivity contribution is -0.385. The maximum atomic E-state index is 12.7. The van der Waals surface area contributed by atoms with E-state index in [1.54, 1.807) is 0 Å². The molecule has 150 valence electrons. The molecule has 1 aliphatic rings. The molecule has 1 aliphatic heterocycles. The molecule has 2 aromatic carbocycles. The third kappa shape index (κ3) is 4.93.